The molecule has 0 radical (unpaired) electrons. The fourth-order valence-electron chi connectivity index (χ4n) is 2.11. The molecule has 1 unspecified atom stereocenters. The lowest BCUT2D eigenvalue weighted by Crippen LogP contribution is -2.18. The Kier molecular flexibility index (Phi) is 4.86. The van der Waals surface area contributed by atoms with Crippen LogP contribution in [0.4, 0.5) is 0 Å². The van der Waals surface area contributed by atoms with Crippen molar-refractivity contribution >= 4 is 49.9 Å². The van der Waals surface area contributed by atoms with Crippen LogP contribution in [0.25, 0.3) is 0 Å². The third-order valence-electron chi connectivity index (χ3n) is 2.90. The van der Waals surface area contributed by atoms with Crippen LogP contribution in [0.2, 0.25) is 0 Å². The summed E-state index contributed by atoms with van der Waals surface area (Å²) in [6.45, 7) is 4.35. The lowest BCUT2D eigenvalue weighted by Gasteiger charge is -2.18. The molecule has 2 aromatic rings. The van der Waals surface area contributed by atoms with Crippen molar-refractivity contribution in [3.8, 4) is 0 Å². The molecule has 1 N–H and O–H groups in total. The Hall–Kier alpha value is 0.0900. The summed E-state index contributed by atoms with van der Waals surface area (Å²) in [5.74, 6) is 0. The highest BCUT2D eigenvalue weighted by Gasteiger charge is 2.19. The predicted octanol–water partition coefficient (Wildman–Crippen LogP) is 5.04. The molecular weight excluding hydrogens is 421 g/mol. The molecule has 2 rings (SSSR count). The summed E-state index contributed by atoms with van der Waals surface area (Å²) >= 11 is 7.84. The van der Waals surface area contributed by atoms with Gasteiger partial charge >= 0.3 is 0 Å². The second-order valence-corrected chi connectivity index (χ2v) is 7.66. The molecule has 1 aromatic heterocycles. The Morgan fingerprint density at radius 3 is 2.56 bits per heavy atom. The molecule has 18 heavy (non-hydrogen) atoms. The SMILES string of the molecule is CNC(c1cc(Br)ccc1I)c1sc(C)cc1C. The van der Waals surface area contributed by atoms with Crippen LogP contribution in [-0.4, -0.2) is 7.05 Å². The number of halogens is 2. The molecule has 1 nitrogen and oxygen atoms in total. The molecule has 0 spiro atoms. The van der Waals surface area contributed by atoms with E-state index in [4.69, 9.17) is 0 Å². The molecule has 0 bridgehead atoms. The lowest BCUT2D eigenvalue weighted by molar-refractivity contribution is 0.696. The maximum absolute atomic E-state index is 3.56. The molecular formula is C14H15BrINS. The Labute approximate surface area is 134 Å². The van der Waals surface area contributed by atoms with Crippen molar-refractivity contribution in [2.75, 3.05) is 7.05 Å². The van der Waals surface area contributed by atoms with Gasteiger partial charge < -0.3 is 5.32 Å². The number of thiophene rings is 1. The number of aryl methyl sites for hydroxylation is 2. The van der Waals surface area contributed by atoms with Crippen molar-refractivity contribution in [3.05, 3.63) is 53.2 Å². The molecule has 0 saturated carbocycles. The minimum absolute atomic E-state index is 0.271. The molecule has 0 aliphatic carbocycles. The minimum Gasteiger partial charge on any atom is -0.309 e. The van der Waals surface area contributed by atoms with Crippen LogP contribution >= 0.6 is 49.9 Å². The average Bonchev–Trinajstić information content (AvgIpc) is 2.64. The third-order valence-corrected chi connectivity index (χ3v) is 5.59. The van der Waals surface area contributed by atoms with Crippen LogP contribution in [-0.2, 0) is 0 Å². The first-order valence-corrected chi connectivity index (χ1v) is 8.41. The van der Waals surface area contributed by atoms with Crippen LogP contribution in [0.1, 0.15) is 26.9 Å². The first-order valence-electron chi connectivity index (χ1n) is 5.72. The van der Waals surface area contributed by atoms with E-state index >= 15 is 0 Å². The summed E-state index contributed by atoms with van der Waals surface area (Å²) < 4.78 is 2.42. The van der Waals surface area contributed by atoms with E-state index in [1.807, 2.05) is 18.4 Å². The Morgan fingerprint density at radius 2 is 2.00 bits per heavy atom. The standard InChI is InChI=1S/C14H15BrINS/c1-8-6-9(2)18-14(8)13(17-3)11-7-10(15)4-5-12(11)16/h4-7,13,17H,1-3H3. The maximum atomic E-state index is 3.56. The van der Waals surface area contributed by atoms with Crippen LogP contribution in [0.5, 0.6) is 0 Å². The zero-order chi connectivity index (χ0) is 13.3. The molecule has 0 fully saturated rings. The molecule has 0 aliphatic heterocycles. The Balaban J connectivity index is 2.51. The highest BCUT2D eigenvalue weighted by Crippen LogP contribution is 2.34. The van der Waals surface area contributed by atoms with Gasteiger partial charge in [0, 0.05) is 17.8 Å². The van der Waals surface area contributed by atoms with E-state index in [0.29, 0.717) is 0 Å². The summed E-state index contributed by atoms with van der Waals surface area (Å²) in [6.07, 6.45) is 0. The normalized spacial score (nSPS) is 12.7. The summed E-state index contributed by atoms with van der Waals surface area (Å²) in [4.78, 5) is 2.78. The molecule has 0 saturated heterocycles. The van der Waals surface area contributed by atoms with Crippen molar-refractivity contribution in [2.45, 2.75) is 19.9 Å². The first-order chi connectivity index (χ1) is 8.52. The van der Waals surface area contributed by atoms with Gasteiger partial charge in [-0.15, -0.1) is 11.3 Å². The number of rotatable bonds is 3. The maximum Gasteiger partial charge on any atom is 0.0682 e. The van der Waals surface area contributed by atoms with Gasteiger partial charge in [-0.25, -0.2) is 0 Å². The van der Waals surface area contributed by atoms with Gasteiger partial charge in [0.2, 0.25) is 0 Å². The minimum atomic E-state index is 0.271. The largest absolute Gasteiger partial charge is 0.309 e. The van der Waals surface area contributed by atoms with Crippen molar-refractivity contribution in [2.24, 2.45) is 0 Å². The van der Waals surface area contributed by atoms with Gasteiger partial charge in [-0.3, -0.25) is 0 Å². The summed E-state index contributed by atoms with van der Waals surface area (Å²) in [5.41, 5.74) is 2.70. The molecule has 96 valence electrons. The third kappa shape index (κ3) is 2.98. The van der Waals surface area contributed by atoms with Gasteiger partial charge in [0.1, 0.15) is 0 Å². The zero-order valence-electron chi connectivity index (χ0n) is 10.6. The summed E-state index contributed by atoms with van der Waals surface area (Å²) in [6, 6.07) is 8.98. The number of hydrogen-bond acceptors (Lipinski definition) is 2. The van der Waals surface area contributed by atoms with Crippen LogP contribution in [0.3, 0.4) is 0 Å². The number of nitrogens with one attached hydrogen (secondary N) is 1. The van der Waals surface area contributed by atoms with Crippen molar-refractivity contribution in [1.29, 1.82) is 0 Å². The molecule has 0 aliphatic rings. The second kappa shape index (κ2) is 6.03. The monoisotopic (exact) mass is 435 g/mol. The van der Waals surface area contributed by atoms with E-state index < -0.39 is 0 Å². The number of benzene rings is 1. The second-order valence-electron chi connectivity index (χ2n) is 4.29. The molecule has 1 atom stereocenters. The predicted molar refractivity (Wildman–Crippen MR) is 91.6 cm³/mol. The highest BCUT2D eigenvalue weighted by atomic mass is 127. The van der Waals surface area contributed by atoms with Gasteiger partial charge in [-0.1, -0.05) is 15.9 Å². The van der Waals surface area contributed by atoms with E-state index in [0.717, 1.165) is 4.47 Å². The first kappa shape index (κ1) is 14.5. The Bertz CT molecular complexity index is 565. The van der Waals surface area contributed by atoms with Crippen LogP contribution < -0.4 is 5.32 Å². The summed E-state index contributed by atoms with van der Waals surface area (Å²) in [7, 11) is 2.02. The van der Waals surface area contributed by atoms with Gasteiger partial charge in [0.05, 0.1) is 6.04 Å². The fourth-order valence-corrected chi connectivity index (χ4v) is 4.30. The molecule has 4 heteroatoms. The van der Waals surface area contributed by atoms with Crippen molar-refractivity contribution in [3.63, 3.8) is 0 Å². The number of hydrogen-bond donors (Lipinski definition) is 1. The van der Waals surface area contributed by atoms with Gasteiger partial charge in [-0.2, -0.15) is 0 Å². The highest BCUT2D eigenvalue weighted by molar-refractivity contribution is 14.1. The average molecular weight is 436 g/mol. The quantitative estimate of drug-likeness (QED) is 0.666. The van der Waals surface area contributed by atoms with E-state index in [1.54, 1.807) is 0 Å². The lowest BCUT2D eigenvalue weighted by atomic mass is 10.0. The van der Waals surface area contributed by atoms with Gasteiger partial charge in [0.25, 0.3) is 0 Å². The van der Waals surface area contributed by atoms with Gasteiger partial charge in [-0.05, 0) is 78.9 Å². The Morgan fingerprint density at radius 1 is 1.28 bits per heavy atom. The smallest absolute Gasteiger partial charge is 0.0682 e. The van der Waals surface area contributed by atoms with Crippen LogP contribution in [0, 0.1) is 17.4 Å². The van der Waals surface area contributed by atoms with Crippen molar-refractivity contribution in [1.82, 2.24) is 5.32 Å². The van der Waals surface area contributed by atoms with E-state index in [-0.39, 0.29) is 6.04 Å². The van der Waals surface area contributed by atoms with Crippen LogP contribution in [0.15, 0.2) is 28.7 Å². The van der Waals surface area contributed by atoms with Crippen molar-refractivity contribution < 1.29 is 0 Å². The fraction of sp³-hybridized carbons (Fsp3) is 0.286. The van der Waals surface area contributed by atoms with E-state index in [2.05, 4.69) is 82.0 Å². The van der Waals surface area contributed by atoms with E-state index in [1.165, 1.54) is 24.5 Å². The van der Waals surface area contributed by atoms with Gasteiger partial charge in [0.15, 0.2) is 0 Å². The molecule has 0 amide bonds. The summed E-state index contributed by atoms with van der Waals surface area (Å²) in [5, 5.41) is 3.44. The van der Waals surface area contributed by atoms with E-state index in [9.17, 15) is 0 Å². The topological polar surface area (TPSA) is 12.0 Å². The molecule has 1 heterocycles. The zero-order valence-corrected chi connectivity index (χ0v) is 15.1. The molecule has 1 aromatic carbocycles.